The molecule has 11 nitrogen and oxygen atoms in total. The second-order valence-corrected chi connectivity index (χ2v) is 10.1. The quantitative estimate of drug-likeness (QED) is 0.202. The predicted octanol–water partition coefficient (Wildman–Crippen LogP) is 4.08. The summed E-state index contributed by atoms with van der Waals surface area (Å²) < 4.78 is 21.4. The summed E-state index contributed by atoms with van der Waals surface area (Å²) in [5.41, 5.74) is 4.22. The Balaban J connectivity index is 1.44. The molecule has 3 amide bonds. The van der Waals surface area contributed by atoms with E-state index >= 15 is 0 Å². The van der Waals surface area contributed by atoms with Crippen LogP contribution in [0.3, 0.4) is 0 Å². The molecule has 0 saturated carbocycles. The van der Waals surface area contributed by atoms with Crippen LogP contribution in [0.1, 0.15) is 35.1 Å². The van der Waals surface area contributed by atoms with Crippen molar-refractivity contribution in [3.8, 4) is 11.5 Å². The summed E-state index contributed by atoms with van der Waals surface area (Å²) in [5, 5.41) is 5.09. The molecule has 230 valence electrons. The van der Waals surface area contributed by atoms with Crippen molar-refractivity contribution in [3.63, 3.8) is 0 Å². The molecule has 0 saturated heterocycles. The number of amides is 3. The number of hydrogen-bond donors (Lipinski definition) is 2. The molecule has 1 aliphatic heterocycles. The number of methoxy groups -OCH3 is 3. The van der Waals surface area contributed by atoms with E-state index in [-0.39, 0.29) is 29.4 Å². The molecule has 2 aromatic carbocycles. The molecule has 1 aliphatic rings. The van der Waals surface area contributed by atoms with E-state index in [0.29, 0.717) is 41.6 Å². The molecule has 0 radical (unpaired) electrons. The number of aryl methyl sites for hydroxylation is 2. The van der Waals surface area contributed by atoms with Gasteiger partial charge in [0.05, 0.1) is 39.0 Å². The highest BCUT2D eigenvalue weighted by atomic mass is 16.5. The normalized spacial score (nSPS) is 13.7. The van der Waals surface area contributed by atoms with Gasteiger partial charge in [-0.15, -0.1) is 0 Å². The molecule has 3 aromatic rings. The van der Waals surface area contributed by atoms with Gasteiger partial charge in [-0.3, -0.25) is 14.4 Å². The summed E-state index contributed by atoms with van der Waals surface area (Å²) in [6.07, 6.45) is 1.96. The summed E-state index contributed by atoms with van der Waals surface area (Å²) in [7, 11) is 4.36. The molecular weight excluding hydrogens is 566 g/mol. The number of nitrogens with one attached hydrogen (secondary N) is 2. The van der Waals surface area contributed by atoms with Crippen LogP contribution in [0, 0.1) is 13.8 Å². The fraction of sp³-hybridized carbons (Fsp3) is 0.273. The fourth-order valence-electron chi connectivity index (χ4n) is 4.74. The maximum absolute atomic E-state index is 13.5. The van der Waals surface area contributed by atoms with E-state index in [1.165, 1.54) is 18.1 Å². The third-order valence-corrected chi connectivity index (χ3v) is 7.34. The van der Waals surface area contributed by atoms with Gasteiger partial charge in [0.15, 0.2) is 11.5 Å². The topological polar surface area (TPSA) is 136 Å². The Morgan fingerprint density at radius 2 is 1.64 bits per heavy atom. The van der Waals surface area contributed by atoms with Gasteiger partial charge >= 0.3 is 17.8 Å². The van der Waals surface area contributed by atoms with Crippen molar-refractivity contribution in [2.45, 2.75) is 33.7 Å². The van der Waals surface area contributed by atoms with Crippen LogP contribution < -0.4 is 20.1 Å². The Bertz CT molecular complexity index is 1670. The minimum atomic E-state index is -0.831. The maximum atomic E-state index is 13.5. The fourth-order valence-corrected chi connectivity index (χ4v) is 4.74. The number of carbonyl (C=O) groups is 4. The van der Waals surface area contributed by atoms with Gasteiger partial charge in [0.25, 0.3) is 5.91 Å². The van der Waals surface area contributed by atoms with Gasteiger partial charge in [-0.1, -0.05) is 12.1 Å². The Kier molecular flexibility index (Phi) is 9.89. The van der Waals surface area contributed by atoms with Crippen LogP contribution in [0.15, 0.2) is 69.8 Å². The largest absolute Gasteiger partial charge is 0.493 e. The number of hydrogen-bond acceptors (Lipinski definition) is 8. The molecule has 2 N–H and O–H groups in total. The predicted molar refractivity (Wildman–Crippen MR) is 163 cm³/mol. The summed E-state index contributed by atoms with van der Waals surface area (Å²) in [4.78, 5) is 52.4. The number of ether oxygens (including phenoxy) is 3. The number of furan rings is 1. The SMILES string of the molecule is COC(=O)C1=C(C)N(CCc2ccc(OC)c(OC)c2)C(=O)/C1=C\c1ccc(CNC(=O)C(=O)Nc2ccc(C)c(C)c2)o1. The van der Waals surface area contributed by atoms with Gasteiger partial charge in [0, 0.05) is 17.9 Å². The third-order valence-electron chi connectivity index (χ3n) is 7.34. The average molecular weight is 602 g/mol. The van der Waals surface area contributed by atoms with Crippen molar-refractivity contribution < 1.29 is 37.8 Å². The van der Waals surface area contributed by atoms with Crippen LogP contribution in [-0.2, 0) is 36.9 Å². The van der Waals surface area contributed by atoms with Gasteiger partial charge in [-0.25, -0.2) is 4.79 Å². The van der Waals surface area contributed by atoms with Crippen LogP contribution in [-0.4, -0.2) is 56.5 Å². The van der Waals surface area contributed by atoms with E-state index in [0.717, 1.165) is 16.7 Å². The van der Waals surface area contributed by atoms with Gasteiger partial charge in [0.1, 0.15) is 11.5 Å². The zero-order valence-electron chi connectivity index (χ0n) is 25.5. The molecule has 44 heavy (non-hydrogen) atoms. The summed E-state index contributed by atoms with van der Waals surface area (Å²) in [6.45, 7) is 5.79. The van der Waals surface area contributed by atoms with Crippen LogP contribution in [0.4, 0.5) is 5.69 Å². The van der Waals surface area contributed by atoms with Crippen molar-refractivity contribution in [3.05, 3.63) is 93.6 Å². The zero-order chi connectivity index (χ0) is 32.0. The molecule has 0 fully saturated rings. The van der Waals surface area contributed by atoms with Crippen molar-refractivity contribution in [2.24, 2.45) is 0 Å². The molecule has 1 aromatic heterocycles. The van der Waals surface area contributed by atoms with E-state index < -0.39 is 17.8 Å². The number of rotatable bonds is 10. The number of anilines is 1. The van der Waals surface area contributed by atoms with E-state index in [9.17, 15) is 19.2 Å². The summed E-state index contributed by atoms with van der Waals surface area (Å²) >= 11 is 0. The van der Waals surface area contributed by atoms with Crippen LogP contribution in [0.25, 0.3) is 6.08 Å². The van der Waals surface area contributed by atoms with Crippen molar-refractivity contribution >= 4 is 35.5 Å². The lowest BCUT2D eigenvalue weighted by Gasteiger charge is -2.18. The average Bonchev–Trinajstić information content (AvgIpc) is 3.56. The van der Waals surface area contributed by atoms with Gasteiger partial charge in [-0.2, -0.15) is 0 Å². The Morgan fingerprint density at radius 3 is 2.32 bits per heavy atom. The number of benzene rings is 2. The number of esters is 1. The molecule has 0 bridgehead atoms. The number of allylic oxidation sites excluding steroid dienone is 1. The summed E-state index contributed by atoms with van der Waals surface area (Å²) in [5.74, 6) is -0.860. The first kappa shape index (κ1) is 31.6. The van der Waals surface area contributed by atoms with E-state index in [4.69, 9.17) is 18.6 Å². The first-order chi connectivity index (χ1) is 21.1. The lowest BCUT2D eigenvalue weighted by Crippen LogP contribution is -2.34. The molecule has 0 aliphatic carbocycles. The molecule has 0 unspecified atom stereocenters. The van der Waals surface area contributed by atoms with Gasteiger partial charge < -0.3 is 34.2 Å². The van der Waals surface area contributed by atoms with Crippen LogP contribution >= 0.6 is 0 Å². The maximum Gasteiger partial charge on any atom is 0.340 e. The Hall–Kier alpha value is -5.32. The second-order valence-electron chi connectivity index (χ2n) is 10.1. The van der Waals surface area contributed by atoms with Gasteiger partial charge in [-0.05, 0) is 86.4 Å². The standard InChI is InChI=1S/C33H35N3O8/c1-19-7-9-23(15-20(19)2)35-31(38)30(37)34-18-25-11-10-24(44-25)17-26-29(33(40)43-6)21(3)36(32(26)39)14-13-22-8-12-27(41-4)28(16-22)42-5/h7-12,15-17H,13-14,18H2,1-6H3,(H,34,37)(H,35,38)/b26-17-. The minimum Gasteiger partial charge on any atom is -0.493 e. The van der Waals surface area contributed by atoms with E-state index in [1.54, 1.807) is 51.5 Å². The van der Waals surface area contributed by atoms with E-state index in [2.05, 4.69) is 10.6 Å². The van der Waals surface area contributed by atoms with Gasteiger partial charge in [0.2, 0.25) is 0 Å². The lowest BCUT2D eigenvalue weighted by molar-refractivity contribution is -0.136. The lowest BCUT2D eigenvalue weighted by atomic mass is 10.1. The highest BCUT2D eigenvalue weighted by Crippen LogP contribution is 2.33. The molecule has 11 heteroatoms. The minimum absolute atomic E-state index is 0.0630. The molecular formula is C33H35N3O8. The highest BCUT2D eigenvalue weighted by Gasteiger charge is 2.37. The van der Waals surface area contributed by atoms with E-state index in [1.807, 2.05) is 32.0 Å². The van der Waals surface area contributed by atoms with Crippen LogP contribution in [0.5, 0.6) is 11.5 Å². The van der Waals surface area contributed by atoms with Crippen molar-refractivity contribution in [2.75, 3.05) is 33.2 Å². The third kappa shape index (κ3) is 7.00. The van der Waals surface area contributed by atoms with Crippen molar-refractivity contribution in [1.29, 1.82) is 0 Å². The Labute approximate surface area is 255 Å². The molecule has 4 rings (SSSR count). The Morgan fingerprint density at radius 1 is 0.886 bits per heavy atom. The monoisotopic (exact) mass is 601 g/mol. The zero-order valence-corrected chi connectivity index (χ0v) is 25.5. The first-order valence-electron chi connectivity index (χ1n) is 13.9. The van der Waals surface area contributed by atoms with Crippen LogP contribution in [0.2, 0.25) is 0 Å². The van der Waals surface area contributed by atoms with Crippen molar-refractivity contribution in [1.82, 2.24) is 10.2 Å². The second kappa shape index (κ2) is 13.8. The first-order valence-corrected chi connectivity index (χ1v) is 13.9. The smallest absolute Gasteiger partial charge is 0.340 e. The molecule has 0 atom stereocenters. The number of carbonyl (C=O) groups excluding carboxylic acids is 4. The molecule has 0 spiro atoms. The summed E-state index contributed by atoms with van der Waals surface area (Å²) in [6, 6.07) is 14.1. The number of nitrogens with zero attached hydrogens (tertiary/aromatic N) is 1. The molecule has 2 heterocycles. The highest BCUT2D eigenvalue weighted by molar-refractivity contribution is 6.39.